The minimum atomic E-state index is -4.52. The van der Waals surface area contributed by atoms with Crippen molar-refractivity contribution in [2.45, 2.75) is 36.9 Å². The Morgan fingerprint density at radius 3 is 2.47 bits per heavy atom. The van der Waals surface area contributed by atoms with Gasteiger partial charge in [-0.1, -0.05) is 11.8 Å². The predicted molar refractivity (Wildman–Crippen MR) is 139 cm³/mol. The van der Waals surface area contributed by atoms with Gasteiger partial charge >= 0.3 is 11.6 Å². The van der Waals surface area contributed by atoms with Gasteiger partial charge in [-0.2, -0.15) is 13.2 Å². The molecule has 3 aromatic heterocycles. The van der Waals surface area contributed by atoms with Crippen LogP contribution in [0.4, 0.5) is 23.8 Å². The van der Waals surface area contributed by atoms with Crippen molar-refractivity contribution >= 4 is 57.7 Å². The minimum absolute atomic E-state index is 0.0964. The maximum absolute atomic E-state index is 13.3. The number of amides is 1. The molecule has 0 fully saturated rings. The number of hydrogen-bond acceptors (Lipinski definition) is 6. The number of ether oxygens (including phenoxy) is 1. The molecule has 3 aromatic rings. The zero-order valence-corrected chi connectivity index (χ0v) is 23.3. The van der Waals surface area contributed by atoms with Gasteiger partial charge in [0.1, 0.15) is 23.2 Å². The fourth-order valence-electron chi connectivity index (χ4n) is 2.96. The van der Waals surface area contributed by atoms with Crippen molar-refractivity contribution in [1.82, 2.24) is 14.6 Å². The Morgan fingerprint density at radius 1 is 1.22 bits per heavy atom. The summed E-state index contributed by atoms with van der Waals surface area (Å²) in [5.74, 6) is 5.62. The molecular weight excluding hydrogens is 580 g/mol. The van der Waals surface area contributed by atoms with Crippen LogP contribution in [-0.2, 0) is 9.30 Å². The first-order valence-corrected chi connectivity index (χ1v) is 14.7. The maximum Gasteiger partial charge on any atom is 0.447 e. The highest BCUT2D eigenvalue weighted by molar-refractivity contribution is 9.10. The Balaban J connectivity index is 2.00. The van der Waals surface area contributed by atoms with Crippen LogP contribution in [0.2, 0.25) is 0 Å². The van der Waals surface area contributed by atoms with Crippen LogP contribution < -0.4 is 10.3 Å². The smallest absolute Gasteiger partial charge is 0.443 e. The second-order valence-electron chi connectivity index (χ2n) is 8.99. The molecule has 0 aliphatic carbocycles. The van der Waals surface area contributed by atoms with Gasteiger partial charge in [-0.05, 0) is 80.4 Å². The molecule has 0 bridgehead atoms. The highest BCUT2D eigenvalue weighted by Gasteiger charge is 2.32. The van der Waals surface area contributed by atoms with Crippen LogP contribution in [0.25, 0.3) is 5.52 Å². The number of hydrogen-bond donors (Lipinski definition) is 0. The van der Waals surface area contributed by atoms with Gasteiger partial charge in [0.05, 0.1) is 17.6 Å². The van der Waals surface area contributed by atoms with E-state index in [9.17, 15) is 22.5 Å². The second-order valence-corrected chi connectivity index (χ2v) is 14.1. The van der Waals surface area contributed by atoms with E-state index in [2.05, 4.69) is 38.0 Å². The topological polar surface area (TPSA) is 76.8 Å². The quantitative estimate of drug-likeness (QED) is 0.203. The SMILES string of the molecule is CC(C)(C)OC(=O)N(CC#Cc1cc2c(Br)cccn2c1SC(F)(F)F)c1ccc(P(C)(C)=O)nn1. The Bertz CT molecular complexity index is 1390. The number of halogens is 4. The van der Waals surface area contributed by atoms with Gasteiger partial charge in [-0.25, -0.2) is 9.69 Å². The second kappa shape index (κ2) is 10.5. The van der Waals surface area contributed by atoms with E-state index in [-0.39, 0.29) is 34.7 Å². The van der Waals surface area contributed by atoms with Crippen molar-refractivity contribution in [2.24, 2.45) is 0 Å². The molecule has 3 heterocycles. The van der Waals surface area contributed by atoms with Gasteiger partial charge in [-0.3, -0.25) is 0 Å². The Hall–Kier alpha value is -2.48. The van der Waals surface area contributed by atoms with Crippen molar-refractivity contribution < 1.29 is 27.3 Å². The molecule has 0 aliphatic heterocycles. The van der Waals surface area contributed by atoms with Gasteiger partial charge in [0.25, 0.3) is 0 Å². The van der Waals surface area contributed by atoms with E-state index in [0.29, 0.717) is 15.4 Å². The standard InChI is InChI=1S/C23H23BrF3N4O3PS/c1-22(2,3)34-21(32)31(18-10-11-19(29-28-18)35(4,5)33)13-6-8-15-14-17-16(24)9-7-12-30(17)20(15)36-23(25,26)27/h7,9-12,14H,13H2,1-5H3. The fraction of sp³-hybridized carbons (Fsp3) is 0.348. The molecule has 13 heteroatoms. The molecule has 192 valence electrons. The normalized spacial score (nSPS) is 12.2. The van der Waals surface area contributed by atoms with E-state index >= 15 is 0 Å². The summed E-state index contributed by atoms with van der Waals surface area (Å²) in [5.41, 5.74) is -4.39. The molecule has 0 saturated carbocycles. The average Bonchev–Trinajstić information content (AvgIpc) is 3.06. The van der Waals surface area contributed by atoms with E-state index in [1.54, 1.807) is 46.2 Å². The van der Waals surface area contributed by atoms with E-state index < -0.39 is 24.3 Å². The molecule has 0 unspecified atom stereocenters. The lowest BCUT2D eigenvalue weighted by atomic mass is 10.2. The zero-order valence-electron chi connectivity index (χ0n) is 20.1. The van der Waals surface area contributed by atoms with Crippen molar-refractivity contribution in [3.63, 3.8) is 0 Å². The third kappa shape index (κ3) is 7.28. The average molecular weight is 603 g/mol. The Labute approximate surface area is 219 Å². The number of rotatable bonds is 4. The molecule has 0 spiro atoms. The highest BCUT2D eigenvalue weighted by Crippen LogP contribution is 2.40. The van der Waals surface area contributed by atoms with Crippen molar-refractivity contribution in [2.75, 3.05) is 24.8 Å². The maximum atomic E-state index is 13.3. The molecule has 36 heavy (non-hydrogen) atoms. The summed E-state index contributed by atoms with van der Waals surface area (Å²) in [4.78, 5) is 14.0. The van der Waals surface area contributed by atoms with Gasteiger partial charge in [0, 0.05) is 22.4 Å². The first-order valence-electron chi connectivity index (χ1n) is 10.5. The molecule has 0 atom stereocenters. The summed E-state index contributed by atoms with van der Waals surface area (Å²) in [5, 5.41) is 7.87. The first kappa shape index (κ1) is 28.1. The molecule has 1 amide bonds. The largest absolute Gasteiger partial charge is 0.447 e. The van der Waals surface area contributed by atoms with Gasteiger partial charge in [0.15, 0.2) is 5.82 Å². The van der Waals surface area contributed by atoms with Crippen molar-refractivity contribution in [3.8, 4) is 11.8 Å². The monoisotopic (exact) mass is 602 g/mol. The number of thioether (sulfide) groups is 1. The number of fused-ring (bicyclic) bond motifs is 1. The van der Waals surface area contributed by atoms with Crippen molar-refractivity contribution in [3.05, 3.63) is 46.6 Å². The molecule has 0 aliphatic rings. The zero-order chi connectivity index (χ0) is 26.9. The lowest BCUT2D eigenvalue weighted by molar-refractivity contribution is -0.0330. The van der Waals surface area contributed by atoms with Crippen LogP contribution in [0.1, 0.15) is 26.3 Å². The molecule has 0 N–H and O–H groups in total. The minimum Gasteiger partial charge on any atom is -0.443 e. The van der Waals surface area contributed by atoms with Crippen LogP contribution in [0.5, 0.6) is 0 Å². The van der Waals surface area contributed by atoms with Gasteiger partial charge in [-0.15, -0.1) is 10.2 Å². The van der Waals surface area contributed by atoms with Crippen molar-refractivity contribution in [1.29, 1.82) is 0 Å². The summed E-state index contributed by atoms with van der Waals surface area (Å²) in [6.07, 6.45) is 0.758. The summed E-state index contributed by atoms with van der Waals surface area (Å²) in [7, 11) is -2.66. The van der Waals surface area contributed by atoms with E-state index in [0.717, 1.165) is 4.90 Å². The summed E-state index contributed by atoms with van der Waals surface area (Å²) in [6.45, 7) is 7.94. The van der Waals surface area contributed by atoms with Gasteiger partial charge in [0.2, 0.25) is 0 Å². The summed E-state index contributed by atoms with van der Waals surface area (Å²) < 4.78 is 59.5. The van der Waals surface area contributed by atoms with E-state index in [1.165, 1.54) is 28.8 Å². The van der Waals surface area contributed by atoms with Gasteiger partial charge < -0.3 is 13.7 Å². The number of anilines is 1. The van der Waals surface area contributed by atoms with E-state index in [1.807, 2.05) is 0 Å². The number of pyridine rings is 1. The molecule has 0 radical (unpaired) electrons. The fourth-order valence-corrected chi connectivity index (χ4v) is 4.81. The summed E-state index contributed by atoms with van der Waals surface area (Å²) in [6, 6.07) is 7.85. The predicted octanol–water partition coefficient (Wildman–Crippen LogP) is 6.14. The molecule has 0 saturated heterocycles. The van der Waals surface area contributed by atoms with Crippen LogP contribution in [0.3, 0.4) is 0 Å². The van der Waals surface area contributed by atoms with Crippen LogP contribution in [0.15, 0.2) is 46.0 Å². The number of aromatic nitrogens is 3. The van der Waals surface area contributed by atoms with Crippen LogP contribution >= 0.6 is 34.8 Å². The van der Waals surface area contributed by atoms with E-state index in [4.69, 9.17) is 4.74 Å². The lowest BCUT2D eigenvalue weighted by Crippen LogP contribution is -2.38. The third-order valence-corrected chi connectivity index (χ3v) is 7.32. The Kier molecular flexibility index (Phi) is 8.18. The highest BCUT2D eigenvalue weighted by atomic mass is 79.9. The third-order valence-electron chi connectivity index (χ3n) is 4.46. The Morgan fingerprint density at radius 2 is 1.92 bits per heavy atom. The molecular formula is C23H23BrF3N4O3PS. The number of nitrogens with zero attached hydrogens (tertiary/aromatic N) is 4. The molecule has 0 aromatic carbocycles. The lowest BCUT2D eigenvalue weighted by Gasteiger charge is -2.25. The molecule has 3 rings (SSSR count). The number of alkyl halides is 3. The number of carbonyl (C=O) groups excluding carboxylic acids is 1. The van der Waals surface area contributed by atoms with Crippen LogP contribution in [0, 0.1) is 11.8 Å². The summed E-state index contributed by atoms with van der Waals surface area (Å²) >= 11 is 3.08. The number of carbonyl (C=O) groups is 1. The first-order chi connectivity index (χ1) is 16.5. The molecule has 7 nitrogen and oxygen atoms in total. The van der Waals surface area contributed by atoms with Crippen LogP contribution in [-0.4, -0.2) is 51.7 Å².